The van der Waals surface area contributed by atoms with Crippen molar-refractivity contribution in [2.75, 3.05) is 0 Å². The quantitative estimate of drug-likeness (QED) is 0.745. The smallest absolute Gasteiger partial charge is 0.160 e. The summed E-state index contributed by atoms with van der Waals surface area (Å²) in [7, 11) is 0. The van der Waals surface area contributed by atoms with Crippen LogP contribution in [0.3, 0.4) is 0 Å². The van der Waals surface area contributed by atoms with Crippen molar-refractivity contribution in [3.05, 3.63) is 34.0 Å². The van der Waals surface area contributed by atoms with Crippen molar-refractivity contribution < 1.29 is 4.79 Å². The van der Waals surface area contributed by atoms with E-state index in [1.54, 1.807) is 0 Å². The van der Waals surface area contributed by atoms with E-state index in [1.165, 1.54) is 11.3 Å². The fourth-order valence-corrected chi connectivity index (χ4v) is 2.23. The molecular weight excluding hydrogens is 208 g/mol. The number of thiophene rings is 1. The molecule has 0 aliphatic carbocycles. The van der Waals surface area contributed by atoms with Gasteiger partial charge in [-0.3, -0.25) is 4.79 Å². The Balaban J connectivity index is 2.47. The molecule has 4 heteroatoms. The van der Waals surface area contributed by atoms with Crippen LogP contribution in [0, 0.1) is 6.92 Å². The molecule has 0 aromatic carbocycles. The molecule has 0 radical (unpaired) electrons. The lowest BCUT2D eigenvalue weighted by Crippen LogP contribution is -1.96. The van der Waals surface area contributed by atoms with E-state index < -0.39 is 0 Å². The number of hydrogen-bond acceptors (Lipinski definition) is 3. The van der Waals surface area contributed by atoms with Crippen molar-refractivity contribution in [2.24, 2.45) is 0 Å². The largest absolute Gasteiger partial charge is 0.303 e. The van der Waals surface area contributed by atoms with Crippen molar-refractivity contribution >= 4 is 17.6 Å². The van der Waals surface area contributed by atoms with Gasteiger partial charge in [-0.2, -0.15) is 0 Å². The zero-order valence-corrected chi connectivity index (χ0v) is 9.54. The molecule has 0 aliphatic heterocycles. The minimum Gasteiger partial charge on any atom is -0.303 e. The van der Waals surface area contributed by atoms with Crippen LogP contribution in [0.4, 0.5) is 0 Å². The molecule has 0 saturated carbocycles. The highest BCUT2D eigenvalue weighted by atomic mass is 32.1. The predicted octanol–water partition coefficient (Wildman–Crippen LogP) is 2.62. The third kappa shape index (κ3) is 1.85. The summed E-state index contributed by atoms with van der Waals surface area (Å²) >= 11 is 1.46. The molecule has 0 fully saturated rings. The standard InChI is InChI=1S/C11H12N2OS/c1-3-11-12-8(2)5-13(11)9-4-10(6-14)15-7-9/h4-7H,3H2,1-2H3. The van der Waals surface area contributed by atoms with E-state index in [1.807, 2.05) is 29.1 Å². The van der Waals surface area contributed by atoms with Crippen molar-refractivity contribution in [3.8, 4) is 5.69 Å². The van der Waals surface area contributed by atoms with Gasteiger partial charge in [0.2, 0.25) is 0 Å². The normalized spacial score (nSPS) is 10.5. The first-order chi connectivity index (χ1) is 7.24. The molecule has 0 atom stereocenters. The molecule has 78 valence electrons. The van der Waals surface area contributed by atoms with Gasteiger partial charge in [-0.25, -0.2) is 4.98 Å². The highest BCUT2D eigenvalue weighted by molar-refractivity contribution is 7.12. The van der Waals surface area contributed by atoms with Crippen LogP contribution < -0.4 is 0 Å². The zero-order chi connectivity index (χ0) is 10.8. The summed E-state index contributed by atoms with van der Waals surface area (Å²) in [6, 6.07) is 1.89. The van der Waals surface area contributed by atoms with E-state index in [4.69, 9.17) is 0 Å². The minimum absolute atomic E-state index is 0.749. The van der Waals surface area contributed by atoms with E-state index in [2.05, 4.69) is 11.9 Å². The number of aldehydes is 1. The Morgan fingerprint density at radius 2 is 2.40 bits per heavy atom. The second kappa shape index (κ2) is 3.98. The third-order valence-corrected chi connectivity index (χ3v) is 3.06. The van der Waals surface area contributed by atoms with Crippen LogP contribution in [-0.4, -0.2) is 15.8 Å². The number of carbonyl (C=O) groups excluding carboxylic acids is 1. The van der Waals surface area contributed by atoms with Gasteiger partial charge < -0.3 is 4.57 Å². The van der Waals surface area contributed by atoms with Crippen LogP contribution in [0.1, 0.15) is 28.1 Å². The topological polar surface area (TPSA) is 34.9 Å². The molecule has 3 nitrogen and oxygen atoms in total. The summed E-state index contributed by atoms with van der Waals surface area (Å²) in [5.74, 6) is 1.03. The molecule has 0 N–H and O–H groups in total. The average Bonchev–Trinajstić information content (AvgIpc) is 2.82. The van der Waals surface area contributed by atoms with Gasteiger partial charge in [0.05, 0.1) is 16.3 Å². The van der Waals surface area contributed by atoms with Crippen molar-refractivity contribution in [1.29, 1.82) is 0 Å². The van der Waals surface area contributed by atoms with Crippen LogP contribution >= 0.6 is 11.3 Å². The number of nitrogens with zero attached hydrogens (tertiary/aromatic N) is 2. The Morgan fingerprint density at radius 1 is 1.60 bits per heavy atom. The molecule has 0 spiro atoms. The second-order valence-corrected chi connectivity index (χ2v) is 4.29. The molecule has 2 heterocycles. The molecule has 0 amide bonds. The SMILES string of the molecule is CCc1nc(C)cn1-c1csc(C=O)c1. The van der Waals surface area contributed by atoms with Gasteiger partial charge in [0, 0.05) is 18.0 Å². The highest BCUT2D eigenvalue weighted by Gasteiger charge is 2.07. The van der Waals surface area contributed by atoms with Crippen LogP contribution in [0.2, 0.25) is 0 Å². The lowest BCUT2D eigenvalue weighted by Gasteiger charge is -2.01. The first kappa shape index (κ1) is 10.1. The van der Waals surface area contributed by atoms with E-state index in [0.29, 0.717) is 0 Å². The maximum absolute atomic E-state index is 10.6. The fourth-order valence-electron chi connectivity index (χ4n) is 1.55. The first-order valence-corrected chi connectivity index (χ1v) is 5.71. The first-order valence-electron chi connectivity index (χ1n) is 4.83. The average molecular weight is 220 g/mol. The number of hydrogen-bond donors (Lipinski definition) is 0. The van der Waals surface area contributed by atoms with Crippen LogP contribution in [0.5, 0.6) is 0 Å². The molecule has 2 rings (SSSR count). The number of imidazole rings is 1. The maximum atomic E-state index is 10.6. The molecule has 0 bridgehead atoms. The molecule has 0 aliphatic rings. The third-order valence-electron chi connectivity index (χ3n) is 2.22. The Morgan fingerprint density at radius 3 is 3.00 bits per heavy atom. The summed E-state index contributed by atoms with van der Waals surface area (Å²) in [6.45, 7) is 4.05. The van der Waals surface area contributed by atoms with Crippen LogP contribution in [0.15, 0.2) is 17.6 Å². The second-order valence-electron chi connectivity index (χ2n) is 3.35. The van der Waals surface area contributed by atoms with Gasteiger partial charge in [0.15, 0.2) is 6.29 Å². The molecule has 15 heavy (non-hydrogen) atoms. The number of rotatable bonds is 3. The Labute approximate surface area is 92.4 Å². The summed E-state index contributed by atoms with van der Waals surface area (Å²) in [4.78, 5) is 15.8. The molecule has 2 aromatic rings. The van der Waals surface area contributed by atoms with Crippen LogP contribution in [-0.2, 0) is 6.42 Å². The Kier molecular flexibility index (Phi) is 2.68. The summed E-state index contributed by atoms with van der Waals surface area (Å²) in [6.07, 6.45) is 3.76. The van der Waals surface area contributed by atoms with E-state index >= 15 is 0 Å². The zero-order valence-electron chi connectivity index (χ0n) is 8.73. The lowest BCUT2D eigenvalue weighted by atomic mass is 10.4. The number of aryl methyl sites for hydroxylation is 2. The molecule has 2 aromatic heterocycles. The fraction of sp³-hybridized carbons (Fsp3) is 0.273. The van der Waals surface area contributed by atoms with Gasteiger partial charge in [0.1, 0.15) is 5.82 Å². The lowest BCUT2D eigenvalue weighted by molar-refractivity contribution is 0.112. The van der Waals surface area contributed by atoms with Gasteiger partial charge in [0.25, 0.3) is 0 Å². The highest BCUT2D eigenvalue weighted by Crippen LogP contribution is 2.19. The maximum Gasteiger partial charge on any atom is 0.160 e. The van der Waals surface area contributed by atoms with Crippen molar-refractivity contribution in [2.45, 2.75) is 20.3 Å². The van der Waals surface area contributed by atoms with E-state index in [9.17, 15) is 4.79 Å². The predicted molar refractivity (Wildman–Crippen MR) is 60.9 cm³/mol. The van der Waals surface area contributed by atoms with Gasteiger partial charge in [-0.05, 0) is 13.0 Å². The summed E-state index contributed by atoms with van der Waals surface area (Å²) < 4.78 is 2.04. The molecular formula is C11H12N2OS. The minimum atomic E-state index is 0.749. The number of carbonyl (C=O) groups is 1. The monoisotopic (exact) mass is 220 g/mol. The molecule has 0 saturated heterocycles. The van der Waals surface area contributed by atoms with Crippen molar-refractivity contribution in [3.63, 3.8) is 0 Å². The van der Waals surface area contributed by atoms with Gasteiger partial charge in [-0.1, -0.05) is 6.92 Å². The molecule has 0 unspecified atom stereocenters. The Hall–Kier alpha value is -1.42. The Bertz CT molecular complexity index is 484. The van der Waals surface area contributed by atoms with E-state index in [0.717, 1.165) is 34.8 Å². The van der Waals surface area contributed by atoms with Crippen molar-refractivity contribution in [1.82, 2.24) is 9.55 Å². The van der Waals surface area contributed by atoms with Gasteiger partial charge in [-0.15, -0.1) is 11.3 Å². The van der Waals surface area contributed by atoms with E-state index in [-0.39, 0.29) is 0 Å². The van der Waals surface area contributed by atoms with Crippen LogP contribution in [0.25, 0.3) is 5.69 Å². The number of aromatic nitrogens is 2. The summed E-state index contributed by atoms with van der Waals surface area (Å²) in [5.41, 5.74) is 2.03. The summed E-state index contributed by atoms with van der Waals surface area (Å²) in [5, 5.41) is 1.98. The van der Waals surface area contributed by atoms with Gasteiger partial charge >= 0.3 is 0 Å².